The van der Waals surface area contributed by atoms with E-state index >= 15 is 0 Å². The number of pyridine rings is 1. The number of nitro groups is 1. The molecule has 7 aromatic rings. The lowest BCUT2D eigenvalue weighted by Crippen LogP contribution is -2.39. The van der Waals surface area contributed by atoms with Gasteiger partial charge in [0.1, 0.15) is 17.6 Å². The minimum atomic E-state index is -0.531. The summed E-state index contributed by atoms with van der Waals surface area (Å²) in [5.74, 6) is 0.900. The third-order valence-electron chi connectivity index (χ3n) is 13.2. The molecule has 3 aromatic heterocycles. The van der Waals surface area contributed by atoms with Crippen molar-refractivity contribution in [2.45, 2.75) is 83.8 Å². The first-order chi connectivity index (χ1) is 36.0. The largest absolute Gasteiger partial charge is 0.489 e. The average molecular weight is 1040 g/mol. The summed E-state index contributed by atoms with van der Waals surface area (Å²) in [7, 11) is 0. The second-order valence-electron chi connectivity index (χ2n) is 18.5. The summed E-state index contributed by atoms with van der Waals surface area (Å²) in [5.41, 5.74) is 6.68. The molecule has 3 N–H and O–H groups in total. The number of ether oxygens (including phenoxy) is 2. The Morgan fingerprint density at radius 1 is 0.838 bits per heavy atom. The molecule has 2 aliphatic heterocycles. The molecule has 5 heterocycles. The third-order valence-corrected chi connectivity index (χ3v) is 14.6. The monoisotopic (exact) mass is 1040 g/mol. The molecule has 20 heteroatoms. The summed E-state index contributed by atoms with van der Waals surface area (Å²) < 4.78 is 18.3. The van der Waals surface area contributed by atoms with Gasteiger partial charge in [0.2, 0.25) is 23.2 Å². The summed E-state index contributed by atoms with van der Waals surface area (Å²) >= 11 is 8.16. The van der Waals surface area contributed by atoms with E-state index in [2.05, 4.69) is 36.1 Å². The number of carbonyl (C=O) groups excluding carboxylic acids is 4. The quantitative estimate of drug-likeness (QED) is 0.0235. The number of nitro benzene ring substituents is 1. The van der Waals surface area contributed by atoms with Crippen molar-refractivity contribution in [3.05, 3.63) is 117 Å². The van der Waals surface area contributed by atoms with Crippen LogP contribution < -0.4 is 25.4 Å². The van der Waals surface area contributed by atoms with E-state index in [0.717, 1.165) is 119 Å². The van der Waals surface area contributed by atoms with Crippen molar-refractivity contribution in [1.29, 1.82) is 0 Å². The highest BCUT2D eigenvalue weighted by Crippen LogP contribution is 2.43. The van der Waals surface area contributed by atoms with Gasteiger partial charge in [0.05, 0.1) is 27.4 Å². The number of hydrogen-bond donors (Lipinski definition) is 3. The normalized spacial score (nSPS) is 14.2. The van der Waals surface area contributed by atoms with Crippen LogP contribution in [0.4, 0.5) is 17.1 Å². The van der Waals surface area contributed by atoms with Gasteiger partial charge in [-0.05, 0) is 116 Å². The van der Waals surface area contributed by atoms with Gasteiger partial charge < -0.3 is 30.3 Å². The number of unbranched alkanes of at least 4 members (excludes halogenated alkanes) is 3. The Morgan fingerprint density at radius 3 is 2.38 bits per heavy atom. The van der Waals surface area contributed by atoms with Crippen LogP contribution in [0.2, 0.25) is 5.02 Å². The van der Waals surface area contributed by atoms with Gasteiger partial charge in [-0.3, -0.25) is 39.2 Å². The van der Waals surface area contributed by atoms with Crippen LogP contribution >= 0.6 is 22.9 Å². The number of hydrogen-bond acceptors (Lipinski definition) is 15. The third kappa shape index (κ3) is 12.6. The number of anilines is 2. The summed E-state index contributed by atoms with van der Waals surface area (Å²) in [6.45, 7) is 5.96. The molecule has 9 rings (SSSR count). The Morgan fingerprint density at radius 2 is 1.58 bits per heavy atom. The first kappa shape index (κ1) is 51.4. The van der Waals surface area contributed by atoms with E-state index in [-0.39, 0.29) is 72.4 Å². The number of halogens is 1. The van der Waals surface area contributed by atoms with Gasteiger partial charge in [-0.15, -0.1) is 11.3 Å². The number of nitrogens with zero attached hydrogens (tertiary/aromatic N) is 6. The summed E-state index contributed by atoms with van der Waals surface area (Å²) in [5, 5.41) is 28.9. The van der Waals surface area contributed by atoms with Crippen LogP contribution in [0.25, 0.3) is 43.5 Å². The molecule has 74 heavy (non-hydrogen) atoms. The van der Waals surface area contributed by atoms with Crippen molar-refractivity contribution in [1.82, 2.24) is 35.7 Å². The molecule has 2 saturated heterocycles. The van der Waals surface area contributed by atoms with Gasteiger partial charge in [-0.25, -0.2) is 4.63 Å². The summed E-state index contributed by atoms with van der Waals surface area (Å²) in [4.78, 5) is 69.9. The van der Waals surface area contributed by atoms with Crippen LogP contribution in [-0.2, 0) is 25.7 Å². The van der Waals surface area contributed by atoms with Gasteiger partial charge in [0.25, 0.3) is 5.91 Å². The number of aromatic nitrogens is 3. The lowest BCUT2D eigenvalue weighted by atomic mass is 10.0. The van der Waals surface area contributed by atoms with Crippen LogP contribution in [0.1, 0.15) is 74.6 Å². The minimum Gasteiger partial charge on any atom is -0.489 e. The van der Waals surface area contributed by atoms with Crippen molar-refractivity contribution in [3.63, 3.8) is 0 Å². The van der Waals surface area contributed by atoms with E-state index in [1.807, 2.05) is 67.6 Å². The number of para-hydroxylation sites is 1. The fourth-order valence-corrected chi connectivity index (χ4v) is 10.8. The smallest absolute Gasteiger partial charge is 0.300 e. The van der Waals surface area contributed by atoms with Gasteiger partial charge >= 0.3 is 5.69 Å². The molecule has 18 nitrogen and oxygen atoms in total. The number of non-ortho nitro benzene ring substituents is 1. The van der Waals surface area contributed by atoms with E-state index in [9.17, 15) is 29.3 Å². The van der Waals surface area contributed by atoms with Crippen molar-refractivity contribution in [2.24, 2.45) is 0 Å². The highest BCUT2D eigenvalue weighted by Gasteiger charge is 2.30. The van der Waals surface area contributed by atoms with E-state index in [1.165, 1.54) is 22.3 Å². The number of imide groups is 1. The molecule has 4 aromatic carbocycles. The zero-order valence-electron chi connectivity index (χ0n) is 40.9. The zero-order valence-corrected chi connectivity index (χ0v) is 42.5. The maximum absolute atomic E-state index is 12.6. The number of benzene rings is 4. The number of piperidine rings is 1. The molecule has 0 saturated carbocycles. The molecule has 0 unspecified atom stereocenters. The van der Waals surface area contributed by atoms with E-state index in [4.69, 9.17) is 25.7 Å². The zero-order chi connectivity index (χ0) is 51.6. The number of fused-ring (bicyclic) bond motifs is 2. The van der Waals surface area contributed by atoms with Gasteiger partial charge in [-0.2, -0.15) is 0 Å². The molecule has 4 amide bonds. The molecule has 2 fully saturated rings. The maximum atomic E-state index is 12.6. The van der Waals surface area contributed by atoms with Crippen LogP contribution in [0.5, 0.6) is 11.5 Å². The molecular formula is C54H56ClN9O9S. The number of aryl methyl sites for hydroxylation is 1. The fraction of sp³-hybridized carbons (Fsp3) is 0.352. The number of likely N-dealkylation sites (tertiary alicyclic amines) is 2. The van der Waals surface area contributed by atoms with E-state index in [1.54, 1.807) is 24.4 Å². The molecule has 0 atom stereocenters. The number of nitrogens with one attached hydrogen (secondary N) is 3. The van der Waals surface area contributed by atoms with Crippen molar-refractivity contribution in [2.75, 3.05) is 44.6 Å². The van der Waals surface area contributed by atoms with Crippen molar-refractivity contribution in [3.8, 4) is 33.8 Å². The van der Waals surface area contributed by atoms with Crippen LogP contribution in [0, 0.1) is 17.0 Å². The predicted octanol–water partition coefficient (Wildman–Crippen LogP) is 9.92. The fourth-order valence-electron chi connectivity index (χ4n) is 9.37. The molecular weight excluding hydrogens is 986 g/mol. The Kier molecular flexibility index (Phi) is 16.7. The Hall–Kier alpha value is -7.48. The number of rotatable bonds is 23. The minimum absolute atomic E-state index is 0.0308. The topological polar surface area (TPSA) is 224 Å². The molecule has 0 radical (unpaired) electrons. The number of thiophene rings is 1. The number of carbonyl (C=O) groups is 4. The molecule has 0 aliphatic carbocycles. The highest BCUT2D eigenvalue weighted by molar-refractivity contribution is 7.19. The lowest BCUT2D eigenvalue weighted by Gasteiger charge is -2.33. The maximum Gasteiger partial charge on any atom is 0.300 e. The van der Waals surface area contributed by atoms with Crippen LogP contribution in [0.3, 0.4) is 0 Å². The van der Waals surface area contributed by atoms with Gasteiger partial charge in [0, 0.05) is 90.0 Å². The average Bonchev–Trinajstić information content (AvgIpc) is 4.15. The SMILES string of the molecule is Cc1cc(Cl)cc(-c2ccnc3cc(CN4C(=O)CCC4=O)sc23)c1OC1CCN(CCCNC(=O)CCCCCCNC(=O)COc2ccc(-c3ccccc3Nc3ccc([N+](=O)[O-])c4nonc34)cc2)CC1. The molecule has 0 spiro atoms. The first-order valence-electron chi connectivity index (χ1n) is 24.9. The number of amides is 4. The highest BCUT2D eigenvalue weighted by atomic mass is 35.5. The Bertz CT molecular complexity index is 3160. The van der Waals surface area contributed by atoms with Crippen molar-refractivity contribution >= 4 is 84.9 Å². The van der Waals surface area contributed by atoms with Gasteiger partial charge in [-0.1, -0.05) is 54.8 Å². The predicted molar refractivity (Wildman–Crippen MR) is 283 cm³/mol. The standard InChI is InChI=1S/C54H56ClN9O9S/c1-34-29-36(55)30-42(41-20-25-56-45-31-39(74-54(41)45)32-63-49(67)18-19-50(63)68)53(34)72-38-21-27-62(28-22-38)26-8-24-57-47(65)11-4-2-3-7-23-58-48(66)33-71-37-14-12-35(13-15-37)40-9-5-6-10-43(40)59-44-16-17-46(64(69)70)52-51(44)60-73-61-52/h5-6,9-10,12-17,20,25,29-31,38,59H,2-4,7-8,11,18-19,21-24,26-28,32-33H2,1H3,(H,57,65)(H,58,66). The molecule has 0 bridgehead atoms. The Balaban J connectivity index is 0.628. The second kappa shape index (κ2) is 24.0. The molecule has 384 valence electrons. The second-order valence-corrected chi connectivity index (χ2v) is 20.0. The Labute approximate surface area is 435 Å². The van der Waals surface area contributed by atoms with Crippen molar-refractivity contribution < 1.29 is 38.2 Å². The van der Waals surface area contributed by atoms with Crippen LogP contribution in [-0.4, -0.2) is 99.1 Å². The summed E-state index contributed by atoms with van der Waals surface area (Å²) in [6.07, 6.45) is 8.76. The van der Waals surface area contributed by atoms with Crippen LogP contribution in [0.15, 0.2) is 95.8 Å². The van der Waals surface area contributed by atoms with Gasteiger partial charge in [0.15, 0.2) is 12.1 Å². The first-order valence-corrected chi connectivity index (χ1v) is 26.1. The van der Waals surface area contributed by atoms with E-state index < -0.39 is 4.92 Å². The lowest BCUT2D eigenvalue weighted by molar-refractivity contribution is -0.383. The summed E-state index contributed by atoms with van der Waals surface area (Å²) in [6, 6.07) is 25.7. The molecule has 2 aliphatic rings. The van der Waals surface area contributed by atoms with E-state index in [0.29, 0.717) is 36.0 Å².